The summed E-state index contributed by atoms with van der Waals surface area (Å²) in [6.45, 7) is 2.26. The van der Waals surface area contributed by atoms with Gasteiger partial charge in [0.05, 0.1) is 6.07 Å². The van der Waals surface area contributed by atoms with E-state index < -0.39 is 0 Å². The molecule has 3 nitrogen and oxygen atoms in total. The van der Waals surface area contributed by atoms with E-state index in [1.807, 2.05) is 12.4 Å². The second-order valence-corrected chi connectivity index (χ2v) is 5.63. The Kier molecular flexibility index (Phi) is 9.65. The van der Waals surface area contributed by atoms with Gasteiger partial charge in [-0.2, -0.15) is 5.26 Å². The Balaban J connectivity index is 2.12. The third kappa shape index (κ3) is 7.33. The average Bonchev–Trinajstić information content (AvgIpc) is 2.99. The molecule has 1 N–H and O–H groups in total. The Morgan fingerprint density at radius 3 is 2.40 bits per heavy atom. The van der Waals surface area contributed by atoms with Crippen LogP contribution >= 0.6 is 0 Å². The van der Waals surface area contributed by atoms with Crippen LogP contribution in [0.15, 0.2) is 12.4 Å². The number of unbranched alkanes of at least 4 members (excludes halogenated alkanes) is 7. The molecule has 0 aliphatic carbocycles. The lowest BCUT2D eigenvalue weighted by Crippen LogP contribution is -2.01. The maximum absolute atomic E-state index is 8.74. The molecule has 0 saturated heterocycles. The summed E-state index contributed by atoms with van der Waals surface area (Å²) in [5, 5.41) is 8.74. The van der Waals surface area contributed by atoms with E-state index in [4.69, 9.17) is 5.26 Å². The largest absolute Gasteiger partial charge is 0.348 e. The molecule has 1 unspecified atom stereocenters. The molecule has 1 rings (SSSR count). The van der Waals surface area contributed by atoms with Crippen molar-refractivity contribution in [3.8, 4) is 6.07 Å². The van der Waals surface area contributed by atoms with Crippen molar-refractivity contribution in [2.75, 3.05) is 0 Å². The first-order valence-corrected chi connectivity index (χ1v) is 8.24. The molecule has 0 fully saturated rings. The van der Waals surface area contributed by atoms with E-state index in [-0.39, 0.29) is 0 Å². The van der Waals surface area contributed by atoms with Gasteiger partial charge in [-0.15, -0.1) is 0 Å². The number of aromatic nitrogens is 2. The van der Waals surface area contributed by atoms with E-state index >= 15 is 0 Å². The fraction of sp³-hybridized carbons (Fsp3) is 0.765. The second-order valence-electron chi connectivity index (χ2n) is 5.63. The number of imidazole rings is 1. The van der Waals surface area contributed by atoms with E-state index in [1.54, 1.807) is 0 Å². The van der Waals surface area contributed by atoms with Crippen LogP contribution in [0, 0.1) is 11.3 Å². The minimum absolute atomic E-state index is 0.435. The first kappa shape index (κ1) is 16.8. The number of nitrogens with zero attached hydrogens (tertiary/aromatic N) is 2. The lowest BCUT2D eigenvalue weighted by atomic mass is 9.95. The SMILES string of the molecule is CCCCCCCCCCC(CCC#N)c1ncc[nH]1. The smallest absolute Gasteiger partial charge is 0.109 e. The summed E-state index contributed by atoms with van der Waals surface area (Å²) >= 11 is 0. The zero-order valence-corrected chi connectivity index (χ0v) is 12.9. The van der Waals surface area contributed by atoms with Gasteiger partial charge in [-0.1, -0.05) is 58.3 Å². The molecule has 0 amide bonds. The molecule has 0 saturated carbocycles. The predicted molar refractivity (Wildman–Crippen MR) is 83.4 cm³/mol. The van der Waals surface area contributed by atoms with Gasteiger partial charge in [-0.3, -0.25) is 0 Å². The van der Waals surface area contributed by atoms with Crippen molar-refractivity contribution in [1.82, 2.24) is 9.97 Å². The van der Waals surface area contributed by atoms with Gasteiger partial charge in [0.1, 0.15) is 5.82 Å². The maximum Gasteiger partial charge on any atom is 0.109 e. The average molecular weight is 275 g/mol. The Morgan fingerprint density at radius 1 is 1.10 bits per heavy atom. The highest BCUT2D eigenvalue weighted by Gasteiger charge is 2.13. The molecule has 0 aliphatic rings. The summed E-state index contributed by atoms with van der Waals surface area (Å²) in [5.41, 5.74) is 0. The van der Waals surface area contributed by atoms with Crippen molar-refractivity contribution in [2.24, 2.45) is 0 Å². The molecule has 20 heavy (non-hydrogen) atoms. The van der Waals surface area contributed by atoms with Crippen molar-refractivity contribution in [3.05, 3.63) is 18.2 Å². The Labute approximate surface area is 123 Å². The molecule has 0 bridgehead atoms. The molecule has 1 atom stereocenters. The molecule has 0 spiro atoms. The van der Waals surface area contributed by atoms with E-state index in [1.165, 1.54) is 51.4 Å². The van der Waals surface area contributed by atoms with Crippen LogP contribution in [-0.4, -0.2) is 9.97 Å². The van der Waals surface area contributed by atoms with E-state index in [9.17, 15) is 0 Å². The van der Waals surface area contributed by atoms with Gasteiger partial charge in [0.25, 0.3) is 0 Å². The zero-order valence-electron chi connectivity index (χ0n) is 12.9. The topological polar surface area (TPSA) is 52.5 Å². The Bertz CT molecular complexity index is 351. The maximum atomic E-state index is 8.74. The van der Waals surface area contributed by atoms with Crippen LogP contribution in [0.5, 0.6) is 0 Å². The molecule has 0 aromatic carbocycles. The molecular weight excluding hydrogens is 246 g/mol. The number of hydrogen-bond acceptors (Lipinski definition) is 2. The number of aromatic amines is 1. The van der Waals surface area contributed by atoms with Gasteiger partial charge in [-0.25, -0.2) is 4.98 Å². The van der Waals surface area contributed by atoms with Crippen LogP contribution in [0.4, 0.5) is 0 Å². The Hall–Kier alpha value is -1.30. The van der Waals surface area contributed by atoms with Crippen LogP contribution in [0.1, 0.15) is 89.3 Å². The van der Waals surface area contributed by atoms with E-state index in [2.05, 4.69) is 23.0 Å². The van der Waals surface area contributed by atoms with Crippen molar-refractivity contribution in [1.29, 1.82) is 5.26 Å². The van der Waals surface area contributed by atoms with Crippen LogP contribution in [0.2, 0.25) is 0 Å². The van der Waals surface area contributed by atoms with E-state index in [0.29, 0.717) is 12.3 Å². The van der Waals surface area contributed by atoms with Crippen molar-refractivity contribution < 1.29 is 0 Å². The molecular formula is C17H29N3. The highest BCUT2D eigenvalue weighted by molar-refractivity contribution is 4.97. The van der Waals surface area contributed by atoms with Crippen molar-refractivity contribution >= 4 is 0 Å². The number of rotatable bonds is 12. The molecule has 112 valence electrons. The second kappa shape index (κ2) is 11.5. The standard InChI is InChI=1S/C17H29N3/c1-2-3-4-5-6-7-8-9-11-16(12-10-13-18)17-19-14-15-20-17/h14-16H,2-12H2,1H3,(H,19,20). The fourth-order valence-corrected chi connectivity index (χ4v) is 2.68. The van der Waals surface area contributed by atoms with Gasteiger partial charge in [-0.05, 0) is 12.8 Å². The summed E-state index contributed by atoms with van der Waals surface area (Å²) in [4.78, 5) is 7.55. The molecule has 1 aromatic rings. The summed E-state index contributed by atoms with van der Waals surface area (Å²) < 4.78 is 0. The minimum Gasteiger partial charge on any atom is -0.348 e. The summed E-state index contributed by atoms with van der Waals surface area (Å²) in [7, 11) is 0. The third-order valence-electron chi connectivity index (χ3n) is 3.92. The first-order valence-electron chi connectivity index (χ1n) is 8.24. The first-order chi connectivity index (χ1) is 9.88. The van der Waals surface area contributed by atoms with Gasteiger partial charge >= 0.3 is 0 Å². The van der Waals surface area contributed by atoms with Gasteiger partial charge in [0.2, 0.25) is 0 Å². The van der Waals surface area contributed by atoms with Crippen LogP contribution in [0.25, 0.3) is 0 Å². The monoisotopic (exact) mass is 275 g/mol. The summed E-state index contributed by atoms with van der Waals surface area (Å²) in [6.07, 6.45) is 17.2. The zero-order chi connectivity index (χ0) is 14.5. The fourth-order valence-electron chi connectivity index (χ4n) is 2.68. The van der Waals surface area contributed by atoms with Crippen LogP contribution in [-0.2, 0) is 0 Å². The quantitative estimate of drug-likeness (QED) is 0.524. The van der Waals surface area contributed by atoms with Crippen LogP contribution in [0.3, 0.4) is 0 Å². The van der Waals surface area contributed by atoms with Gasteiger partial charge in [0, 0.05) is 24.7 Å². The summed E-state index contributed by atoms with van der Waals surface area (Å²) in [5.74, 6) is 1.49. The number of H-pyrrole nitrogens is 1. The van der Waals surface area contributed by atoms with Crippen molar-refractivity contribution in [3.63, 3.8) is 0 Å². The predicted octanol–water partition coefficient (Wildman–Crippen LogP) is 5.33. The van der Waals surface area contributed by atoms with Crippen LogP contribution < -0.4 is 0 Å². The lowest BCUT2D eigenvalue weighted by molar-refractivity contribution is 0.502. The summed E-state index contributed by atoms with van der Waals surface area (Å²) in [6, 6.07) is 2.25. The van der Waals surface area contributed by atoms with E-state index in [0.717, 1.165) is 18.7 Å². The highest BCUT2D eigenvalue weighted by Crippen LogP contribution is 2.24. The lowest BCUT2D eigenvalue weighted by Gasteiger charge is -2.12. The molecule has 0 aliphatic heterocycles. The molecule has 3 heteroatoms. The van der Waals surface area contributed by atoms with Gasteiger partial charge < -0.3 is 4.98 Å². The molecule has 1 heterocycles. The highest BCUT2D eigenvalue weighted by atomic mass is 14.9. The Morgan fingerprint density at radius 2 is 1.80 bits per heavy atom. The number of nitrogens with one attached hydrogen (secondary N) is 1. The normalized spacial score (nSPS) is 12.2. The molecule has 1 aromatic heterocycles. The van der Waals surface area contributed by atoms with Crippen molar-refractivity contribution in [2.45, 2.75) is 83.5 Å². The number of nitriles is 1. The molecule has 0 radical (unpaired) electrons. The third-order valence-corrected chi connectivity index (χ3v) is 3.92. The van der Waals surface area contributed by atoms with Gasteiger partial charge in [0.15, 0.2) is 0 Å². The number of hydrogen-bond donors (Lipinski definition) is 1. The minimum atomic E-state index is 0.435.